The fourth-order valence-electron chi connectivity index (χ4n) is 8.75. The molecule has 0 fully saturated rings. The molecule has 9 rings (SSSR count). The van der Waals surface area contributed by atoms with Crippen LogP contribution in [0.1, 0.15) is 81.1 Å². The number of hydrogen-bond donors (Lipinski definition) is 0. The van der Waals surface area contributed by atoms with E-state index in [-0.39, 0.29) is 30.5 Å². The Kier molecular flexibility index (Phi) is 10.4. The standard InChI is InChI=1S/C49H49N5O5/c1-5-6-7-12-17-52(3)36-20-32(29-58-45-25-41-39(18-31(45)2)48(55)53-37(27-50-41)22-34-13-8-10-15-43(34)53)19-33(21-36)30-59-47-26-42-40(24-46(47)57-4)49(56)54-38(28-51-42)23-35-14-9-11-16-44(35)54/h8-11,13-16,18-21,24-28,37-38H,5-7,12,17,22-23,29-30H2,1-4H3/t37-,38-/m0/s1. The zero-order chi connectivity index (χ0) is 40.6. The maximum Gasteiger partial charge on any atom is 0.261 e. The van der Waals surface area contributed by atoms with Crippen molar-refractivity contribution >= 4 is 52.7 Å². The lowest BCUT2D eigenvalue weighted by atomic mass is 10.1. The minimum Gasteiger partial charge on any atom is -0.493 e. The van der Waals surface area contributed by atoms with Gasteiger partial charge in [0.1, 0.15) is 19.0 Å². The third kappa shape index (κ3) is 7.32. The molecule has 0 saturated carbocycles. The van der Waals surface area contributed by atoms with Crippen LogP contribution in [-0.2, 0) is 26.1 Å². The number of aryl methyl sites for hydroxylation is 1. The van der Waals surface area contributed by atoms with Gasteiger partial charge in [0.2, 0.25) is 0 Å². The molecule has 300 valence electrons. The highest BCUT2D eigenvalue weighted by Gasteiger charge is 2.38. The van der Waals surface area contributed by atoms with Crippen LogP contribution in [0.5, 0.6) is 17.2 Å². The van der Waals surface area contributed by atoms with Gasteiger partial charge in [-0.3, -0.25) is 29.4 Å². The van der Waals surface area contributed by atoms with Crippen molar-refractivity contribution in [3.8, 4) is 17.2 Å². The number of carbonyl (C=O) groups is 2. The van der Waals surface area contributed by atoms with Crippen LogP contribution in [0, 0.1) is 6.92 Å². The van der Waals surface area contributed by atoms with Crippen molar-refractivity contribution in [1.29, 1.82) is 0 Å². The zero-order valence-electron chi connectivity index (χ0n) is 34.1. The van der Waals surface area contributed by atoms with Gasteiger partial charge in [0.15, 0.2) is 11.5 Å². The molecule has 5 aromatic carbocycles. The van der Waals surface area contributed by atoms with Gasteiger partial charge < -0.3 is 19.1 Å². The molecule has 0 spiro atoms. The summed E-state index contributed by atoms with van der Waals surface area (Å²) in [7, 11) is 3.71. The van der Waals surface area contributed by atoms with Crippen LogP contribution in [-0.4, -0.2) is 57.0 Å². The fraction of sp³-hybridized carbons (Fsp3) is 0.306. The SMILES string of the molecule is CCCCCCN(C)c1cc(COc2cc3c(cc2C)C(=O)N2c4ccccc4C[C@H]2C=N3)cc(COc2cc3c(cc2OC)C(=O)N2c4ccccc4C[C@H]2C=N3)c1. The molecule has 10 nitrogen and oxygen atoms in total. The van der Waals surface area contributed by atoms with Crippen LogP contribution >= 0.6 is 0 Å². The summed E-state index contributed by atoms with van der Waals surface area (Å²) >= 11 is 0. The Morgan fingerprint density at radius 3 is 1.83 bits per heavy atom. The number of aliphatic imine (C=N–C) groups is 2. The first-order chi connectivity index (χ1) is 28.8. The Morgan fingerprint density at radius 2 is 1.24 bits per heavy atom. The molecule has 0 unspecified atom stereocenters. The molecule has 0 N–H and O–H groups in total. The van der Waals surface area contributed by atoms with Gasteiger partial charge >= 0.3 is 0 Å². The van der Waals surface area contributed by atoms with Gasteiger partial charge in [-0.05, 0) is 83.6 Å². The summed E-state index contributed by atoms with van der Waals surface area (Å²) in [6, 6.07) is 29.6. The van der Waals surface area contributed by atoms with E-state index in [4.69, 9.17) is 24.2 Å². The third-order valence-corrected chi connectivity index (χ3v) is 11.9. The molecule has 2 amide bonds. The summed E-state index contributed by atoms with van der Waals surface area (Å²) in [5.41, 5.74) is 10.3. The number of amides is 2. The Balaban J connectivity index is 0.959. The summed E-state index contributed by atoms with van der Waals surface area (Å²) in [4.78, 5) is 43.5. The van der Waals surface area contributed by atoms with E-state index in [2.05, 4.69) is 49.2 Å². The van der Waals surface area contributed by atoms with Crippen LogP contribution in [0.3, 0.4) is 0 Å². The van der Waals surface area contributed by atoms with Crippen molar-refractivity contribution in [2.75, 3.05) is 35.4 Å². The molecule has 4 aliphatic rings. The number of rotatable bonds is 13. The summed E-state index contributed by atoms with van der Waals surface area (Å²) in [5.74, 6) is 1.51. The number of carbonyl (C=O) groups excluding carboxylic acids is 2. The van der Waals surface area contributed by atoms with Crippen molar-refractivity contribution in [1.82, 2.24) is 0 Å². The molecular weight excluding hydrogens is 739 g/mol. The van der Waals surface area contributed by atoms with E-state index in [1.807, 2.05) is 83.8 Å². The number of methoxy groups -OCH3 is 1. The van der Waals surface area contributed by atoms with Crippen LogP contribution < -0.4 is 28.9 Å². The molecule has 4 heterocycles. The summed E-state index contributed by atoms with van der Waals surface area (Å²) in [6.07, 6.45) is 9.91. The maximum atomic E-state index is 14.0. The molecular formula is C49H49N5O5. The van der Waals surface area contributed by atoms with E-state index in [0.29, 0.717) is 46.4 Å². The highest BCUT2D eigenvalue weighted by molar-refractivity contribution is 6.15. The lowest BCUT2D eigenvalue weighted by Gasteiger charge is -2.23. The molecule has 5 aromatic rings. The van der Waals surface area contributed by atoms with Crippen LogP contribution in [0.25, 0.3) is 0 Å². The van der Waals surface area contributed by atoms with Gasteiger partial charge in [0.05, 0.1) is 41.7 Å². The van der Waals surface area contributed by atoms with Gasteiger partial charge in [-0.15, -0.1) is 0 Å². The molecule has 0 aliphatic carbocycles. The normalized spacial score (nSPS) is 17.0. The number of ether oxygens (including phenoxy) is 3. The number of anilines is 3. The predicted octanol–water partition coefficient (Wildman–Crippen LogP) is 9.75. The summed E-state index contributed by atoms with van der Waals surface area (Å²) < 4.78 is 18.8. The van der Waals surface area contributed by atoms with E-state index in [0.717, 1.165) is 70.7 Å². The number of benzene rings is 5. The summed E-state index contributed by atoms with van der Waals surface area (Å²) in [5, 5.41) is 0. The highest BCUT2D eigenvalue weighted by atomic mass is 16.5. The first kappa shape index (κ1) is 38.1. The van der Waals surface area contributed by atoms with Crippen molar-refractivity contribution in [2.45, 2.75) is 77.7 Å². The lowest BCUT2D eigenvalue weighted by molar-refractivity contribution is 0.0979. The van der Waals surface area contributed by atoms with Gasteiger partial charge in [-0.1, -0.05) is 62.6 Å². The van der Waals surface area contributed by atoms with Crippen LogP contribution in [0.2, 0.25) is 0 Å². The molecule has 0 aromatic heterocycles. The second-order valence-corrected chi connectivity index (χ2v) is 15.9. The van der Waals surface area contributed by atoms with Crippen molar-refractivity contribution < 1.29 is 23.8 Å². The highest BCUT2D eigenvalue weighted by Crippen LogP contribution is 2.42. The first-order valence-corrected chi connectivity index (χ1v) is 20.7. The number of hydrogen-bond acceptors (Lipinski definition) is 8. The smallest absolute Gasteiger partial charge is 0.261 e. The molecule has 59 heavy (non-hydrogen) atoms. The Hall–Kier alpha value is -6.42. The van der Waals surface area contributed by atoms with E-state index in [9.17, 15) is 9.59 Å². The topological polar surface area (TPSA) is 96.3 Å². The number of nitrogens with zero attached hydrogens (tertiary/aromatic N) is 5. The van der Waals surface area contributed by atoms with E-state index >= 15 is 0 Å². The average molecular weight is 788 g/mol. The summed E-state index contributed by atoms with van der Waals surface area (Å²) in [6.45, 7) is 5.69. The molecule has 4 aliphatic heterocycles. The van der Waals surface area contributed by atoms with Crippen molar-refractivity contribution in [3.63, 3.8) is 0 Å². The maximum absolute atomic E-state index is 14.0. The molecule has 0 bridgehead atoms. The van der Waals surface area contributed by atoms with Crippen LogP contribution in [0.4, 0.5) is 28.4 Å². The quantitative estimate of drug-likeness (QED) is 0.110. The Labute approximate surface area is 345 Å². The average Bonchev–Trinajstić information content (AvgIpc) is 3.75. The molecule has 0 saturated heterocycles. The minimum absolute atomic E-state index is 0.0444. The fourth-order valence-corrected chi connectivity index (χ4v) is 8.75. The second-order valence-electron chi connectivity index (χ2n) is 15.9. The van der Waals surface area contributed by atoms with Crippen molar-refractivity contribution in [2.24, 2.45) is 9.98 Å². The second kappa shape index (κ2) is 16.1. The van der Waals surface area contributed by atoms with Crippen molar-refractivity contribution in [3.05, 3.63) is 130 Å². The first-order valence-electron chi connectivity index (χ1n) is 20.7. The van der Waals surface area contributed by atoms with Gasteiger partial charge in [-0.2, -0.15) is 0 Å². The largest absolute Gasteiger partial charge is 0.493 e. The zero-order valence-corrected chi connectivity index (χ0v) is 34.1. The van der Waals surface area contributed by atoms with E-state index in [1.54, 1.807) is 13.2 Å². The van der Waals surface area contributed by atoms with E-state index in [1.165, 1.54) is 19.3 Å². The minimum atomic E-state index is -0.148. The van der Waals surface area contributed by atoms with E-state index < -0.39 is 0 Å². The van der Waals surface area contributed by atoms with Gasteiger partial charge in [-0.25, -0.2) is 0 Å². The Morgan fingerprint density at radius 1 is 0.678 bits per heavy atom. The Bertz CT molecular complexity index is 2510. The molecule has 2 atom stereocenters. The number of unbranched alkanes of at least 4 members (excludes halogenated alkanes) is 3. The molecule has 0 radical (unpaired) electrons. The third-order valence-electron chi connectivity index (χ3n) is 11.9. The predicted molar refractivity (Wildman–Crippen MR) is 234 cm³/mol. The van der Waals surface area contributed by atoms with Gasteiger partial charge in [0.25, 0.3) is 11.8 Å². The van der Waals surface area contributed by atoms with Gasteiger partial charge in [0, 0.05) is 68.1 Å². The number of para-hydroxylation sites is 2. The number of fused-ring (bicyclic) bond motifs is 8. The lowest BCUT2D eigenvalue weighted by Crippen LogP contribution is -2.37. The molecule has 10 heteroatoms. The monoisotopic (exact) mass is 787 g/mol. The van der Waals surface area contributed by atoms with Crippen LogP contribution in [0.15, 0.2) is 101 Å².